The average molecular weight is 363 g/mol. The van der Waals surface area contributed by atoms with Crippen molar-refractivity contribution in [2.24, 2.45) is 0 Å². The standard InChI is InChI=1S/C21H21N3OS/c1-2-14-24-20(16-12-13-16)22-23-21(24)26-15-17-8-6-7-11-19(17)25-18-9-4-3-5-10-18/h2-11,16H,1,12-15H2. The first-order valence-corrected chi connectivity index (χ1v) is 9.81. The molecule has 0 amide bonds. The molecule has 0 atom stereocenters. The first-order valence-electron chi connectivity index (χ1n) is 8.82. The summed E-state index contributed by atoms with van der Waals surface area (Å²) in [6.45, 7) is 4.62. The van der Waals surface area contributed by atoms with Crippen molar-refractivity contribution in [1.29, 1.82) is 0 Å². The summed E-state index contributed by atoms with van der Waals surface area (Å²) in [5, 5.41) is 9.77. The molecule has 3 aromatic rings. The van der Waals surface area contributed by atoms with Gasteiger partial charge < -0.3 is 9.30 Å². The second kappa shape index (κ2) is 7.79. The molecule has 4 rings (SSSR count). The molecule has 1 aliphatic rings. The Morgan fingerprint density at radius 1 is 1.08 bits per heavy atom. The molecule has 1 heterocycles. The van der Waals surface area contributed by atoms with Crippen molar-refractivity contribution in [3.8, 4) is 11.5 Å². The molecule has 0 aliphatic heterocycles. The Hall–Kier alpha value is -2.53. The van der Waals surface area contributed by atoms with E-state index in [0.29, 0.717) is 5.92 Å². The summed E-state index contributed by atoms with van der Waals surface area (Å²) in [5.41, 5.74) is 1.14. The fraction of sp³-hybridized carbons (Fsp3) is 0.238. The highest BCUT2D eigenvalue weighted by atomic mass is 32.2. The van der Waals surface area contributed by atoms with Crippen LogP contribution < -0.4 is 4.74 Å². The maximum atomic E-state index is 6.06. The van der Waals surface area contributed by atoms with E-state index >= 15 is 0 Å². The number of thioether (sulfide) groups is 1. The molecule has 1 fully saturated rings. The minimum absolute atomic E-state index is 0.575. The minimum Gasteiger partial charge on any atom is -0.457 e. The largest absolute Gasteiger partial charge is 0.457 e. The lowest BCUT2D eigenvalue weighted by atomic mass is 10.2. The van der Waals surface area contributed by atoms with Crippen molar-refractivity contribution in [3.05, 3.63) is 78.6 Å². The minimum atomic E-state index is 0.575. The van der Waals surface area contributed by atoms with Gasteiger partial charge in [-0.25, -0.2) is 0 Å². The monoisotopic (exact) mass is 363 g/mol. The van der Waals surface area contributed by atoms with Crippen LogP contribution in [0.3, 0.4) is 0 Å². The molecular weight excluding hydrogens is 342 g/mol. The van der Waals surface area contributed by atoms with E-state index in [1.54, 1.807) is 11.8 Å². The van der Waals surface area contributed by atoms with Gasteiger partial charge in [0.1, 0.15) is 17.3 Å². The van der Waals surface area contributed by atoms with Crippen LogP contribution in [0.2, 0.25) is 0 Å². The third-order valence-corrected chi connectivity index (χ3v) is 5.32. The van der Waals surface area contributed by atoms with Crippen LogP contribution in [0.5, 0.6) is 11.5 Å². The topological polar surface area (TPSA) is 39.9 Å². The lowest BCUT2D eigenvalue weighted by Crippen LogP contribution is -2.02. The molecule has 0 unspecified atom stereocenters. The van der Waals surface area contributed by atoms with E-state index in [9.17, 15) is 0 Å². The third kappa shape index (κ3) is 3.83. The Balaban J connectivity index is 1.51. The first-order chi connectivity index (χ1) is 12.8. The van der Waals surface area contributed by atoms with E-state index in [2.05, 4.69) is 27.4 Å². The Bertz CT molecular complexity index is 887. The number of benzene rings is 2. The molecule has 0 bridgehead atoms. The predicted octanol–water partition coefficient (Wildman–Crippen LogP) is 5.43. The van der Waals surface area contributed by atoms with Gasteiger partial charge in [-0.2, -0.15) is 0 Å². The highest BCUT2D eigenvalue weighted by Gasteiger charge is 2.30. The summed E-state index contributed by atoms with van der Waals surface area (Å²) >= 11 is 1.69. The third-order valence-electron chi connectivity index (χ3n) is 4.30. The zero-order valence-corrected chi connectivity index (χ0v) is 15.4. The molecule has 1 aliphatic carbocycles. The SMILES string of the molecule is C=CCn1c(SCc2ccccc2Oc2ccccc2)nnc1C1CC1. The molecule has 0 radical (unpaired) electrons. The molecule has 2 aromatic carbocycles. The Morgan fingerprint density at radius 2 is 1.85 bits per heavy atom. The molecule has 4 nitrogen and oxygen atoms in total. The van der Waals surface area contributed by atoms with Crippen LogP contribution >= 0.6 is 11.8 Å². The van der Waals surface area contributed by atoms with Crippen molar-refractivity contribution in [3.63, 3.8) is 0 Å². The number of ether oxygens (including phenoxy) is 1. The fourth-order valence-electron chi connectivity index (χ4n) is 2.83. The van der Waals surface area contributed by atoms with E-state index < -0.39 is 0 Å². The van der Waals surface area contributed by atoms with Gasteiger partial charge in [-0.05, 0) is 31.0 Å². The van der Waals surface area contributed by atoms with Gasteiger partial charge in [-0.3, -0.25) is 0 Å². The highest BCUT2D eigenvalue weighted by molar-refractivity contribution is 7.98. The quantitative estimate of drug-likeness (QED) is 0.395. The van der Waals surface area contributed by atoms with Crippen molar-refractivity contribution in [2.45, 2.75) is 36.2 Å². The van der Waals surface area contributed by atoms with Crippen LogP contribution in [0, 0.1) is 0 Å². The summed E-state index contributed by atoms with van der Waals surface area (Å²) in [6, 6.07) is 18.0. The normalized spacial score (nSPS) is 13.5. The molecule has 1 aromatic heterocycles. The molecule has 0 spiro atoms. The van der Waals surface area contributed by atoms with Gasteiger partial charge in [0.05, 0.1) is 0 Å². The van der Waals surface area contributed by atoms with Crippen LogP contribution in [0.25, 0.3) is 0 Å². The van der Waals surface area contributed by atoms with Gasteiger partial charge in [-0.1, -0.05) is 54.2 Å². The number of nitrogens with zero attached hydrogens (tertiary/aromatic N) is 3. The molecular formula is C21H21N3OS. The molecule has 26 heavy (non-hydrogen) atoms. The van der Waals surface area contributed by atoms with E-state index in [4.69, 9.17) is 4.74 Å². The number of aromatic nitrogens is 3. The van der Waals surface area contributed by atoms with Gasteiger partial charge in [0, 0.05) is 23.8 Å². The summed E-state index contributed by atoms with van der Waals surface area (Å²) < 4.78 is 8.25. The molecule has 132 valence electrons. The lowest BCUT2D eigenvalue weighted by molar-refractivity contribution is 0.478. The number of para-hydroxylation sites is 2. The molecule has 0 saturated heterocycles. The fourth-order valence-corrected chi connectivity index (χ4v) is 3.78. The van der Waals surface area contributed by atoms with Crippen LogP contribution in [-0.2, 0) is 12.3 Å². The zero-order valence-electron chi connectivity index (χ0n) is 14.5. The van der Waals surface area contributed by atoms with Crippen molar-refractivity contribution < 1.29 is 4.74 Å². The summed E-state index contributed by atoms with van der Waals surface area (Å²) in [4.78, 5) is 0. The van der Waals surface area contributed by atoms with Crippen molar-refractivity contribution >= 4 is 11.8 Å². The van der Waals surface area contributed by atoms with Gasteiger partial charge in [0.15, 0.2) is 5.16 Å². The average Bonchev–Trinajstić information content (AvgIpc) is 3.44. The molecule has 0 N–H and O–H groups in total. The second-order valence-electron chi connectivity index (χ2n) is 6.33. The number of hydrogen-bond acceptors (Lipinski definition) is 4. The number of rotatable bonds is 8. The second-order valence-corrected chi connectivity index (χ2v) is 7.27. The maximum absolute atomic E-state index is 6.06. The Morgan fingerprint density at radius 3 is 2.62 bits per heavy atom. The van der Waals surface area contributed by atoms with Gasteiger partial charge in [0.2, 0.25) is 0 Å². The van der Waals surface area contributed by atoms with Gasteiger partial charge in [0.25, 0.3) is 0 Å². The van der Waals surface area contributed by atoms with E-state index in [1.807, 2.05) is 54.6 Å². The van der Waals surface area contributed by atoms with Crippen LogP contribution in [0.1, 0.15) is 30.1 Å². The highest BCUT2D eigenvalue weighted by Crippen LogP contribution is 2.40. The summed E-state index contributed by atoms with van der Waals surface area (Å²) in [7, 11) is 0. The summed E-state index contributed by atoms with van der Waals surface area (Å²) in [6.07, 6.45) is 4.34. The van der Waals surface area contributed by atoms with Crippen LogP contribution in [0.15, 0.2) is 72.4 Å². The van der Waals surface area contributed by atoms with Crippen molar-refractivity contribution in [1.82, 2.24) is 14.8 Å². The lowest BCUT2D eigenvalue weighted by Gasteiger charge is -2.11. The number of hydrogen-bond donors (Lipinski definition) is 0. The Kier molecular flexibility index (Phi) is 5.07. The van der Waals surface area contributed by atoms with E-state index in [-0.39, 0.29) is 0 Å². The maximum Gasteiger partial charge on any atom is 0.191 e. The van der Waals surface area contributed by atoms with Gasteiger partial charge in [-0.15, -0.1) is 16.8 Å². The molecule has 1 saturated carbocycles. The van der Waals surface area contributed by atoms with Crippen molar-refractivity contribution in [2.75, 3.05) is 0 Å². The predicted molar refractivity (Wildman–Crippen MR) is 105 cm³/mol. The zero-order chi connectivity index (χ0) is 17.8. The van der Waals surface area contributed by atoms with Crippen LogP contribution in [0.4, 0.5) is 0 Å². The van der Waals surface area contributed by atoms with E-state index in [1.165, 1.54) is 12.8 Å². The smallest absolute Gasteiger partial charge is 0.191 e. The van der Waals surface area contributed by atoms with Crippen LogP contribution in [-0.4, -0.2) is 14.8 Å². The number of allylic oxidation sites excluding steroid dienone is 1. The van der Waals surface area contributed by atoms with E-state index in [0.717, 1.165) is 40.3 Å². The molecule has 5 heteroatoms. The first kappa shape index (κ1) is 16.9. The van der Waals surface area contributed by atoms with Gasteiger partial charge >= 0.3 is 0 Å². The summed E-state index contributed by atoms with van der Waals surface area (Å²) in [5.74, 6) is 4.18. The Labute approximate surface area is 157 Å².